The number of nitrogens with two attached hydrogens (primary N) is 1. The topological polar surface area (TPSA) is 32.5 Å². The van der Waals surface area contributed by atoms with Crippen LogP contribution in [-0.2, 0) is 0 Å². The molecule has 1 aromatic rings. The molecule has 1 atom stereocenters. The van der Waals surface area contributed by atoms with Gasteiger partial charge in [0.05, 0.1) is 5.69 Å². The van der Waals surface area contributed by atoms with Crippen LogP contribution in [0.15, 0.2) is 18.2 Å². The van der Waals surface area contributed by atoms with Gasteiger partial charge in [-0.15, -0.1) is 0 Å². The smallest absolute Gasteiger partial charge is 0.146 e. The third kappa shape index (κ3) is 4.76. The SMILES string of the molecule is CC(C)CN(CCN(C)C)c1c(F)cccc1[C@@H](C)N. The van der Waals surface area contributed by atoms with Crippen LogP contribution in [0.4, 0.5) is 10.1 Å². The maximum Gasteiger partial charge on any atom is 0.146 e. The van der Waals surface area contributed by atoms with E-state index in [9.17, 15) is 4.39 Å². The van der Waals surface area contributed by atoms with E-state index in [2.05, 4.69) is 23.6 Å². The molecule has 0 fully saturated rings. The monoisotopic (exact) mass is 281 g/mol. The van der Waals surface area contributed by atoms with E-state index >= 15 is 0 Å². The molecular weight excluding hydrogens is 253 g/mol. The molecule has 20 heavy (non-hydrogen) atoms. The molecule has 2 N–H and O–H groups in total. The van der Waals surface area contributed by atoms with Gasteiger partial charge in [-0.2, -0.15) is 0 Å². The molecule has 0 spiro atoms. The van der Waals surface area contributed by atoms with Gasteiger partial charge in [-0.05, 0) is 38.6 Å². The van der Waals surface area contributed by atoms with Gasteiger partial charge in [-0.25, -0.2) is 4.39 Å². The van der Waals surface area contributed by atoms with Gasteiger partial charge in [0.2, 0.25) is 0 Å². The molecule has 0 radical (unpaired) electrons. The Kier molecular flexibility index (Phi) is 6.43. The van der Waals surface area contributed by atoms with E-state index in [1.54, 1.807) is 6.07 Å². The lowest BCUT2D eigenvalue weighted by Crippen LogP contribution is -2.36. The van der Waals surface area contributed by atoms with E-state index in [-0.39, 0.29) is 11.9 Å². The lowest BCUT2D eigenvalue weighted by molar-refractivity contribution is 0.407. The molecule has 0 aliphatic heterocycles. The molecule has 0 aliphatic rings. The van der Waals surface area contributed by atoms with Crippen molar-refractivity contribution < 1.29 is 4.39 Å². The normalized spacial score (nSPS) is 13.1. The minimum atomic E-state index is -0.181. The molecule has 4 heteroatoms. The summed E-state index contributed by atoms with van der Waals surface area (Å²) in [6.45, 7) is 8.71. The molecule has 114 valence electrons. The lowest BCUT2D eigenvalue weighted by atomic mass is 10.0. The van der Waals surface area contributed by atoms with Gasteiger partial charge in [-0.1, -0.05) is 26.0 Å². The zero-order valence-corrected chi connectivity index (χ0v) is 13.4. The van der Waals surface area contributed by atoms with Gasteiger partial charge in [-0.3, -0.25) is 0 Å². The number of rotatable bonds is 7. The molecule has 0 unspecified atom stereocenters. The summed E-state index contributed by atoms with van der Waals surface area (Å²) < 4.78 is 14.3. The third-order valence-corrected chi connectivity index (χ3v) is 3.23. The molecule has 0 saturated heterocycles. The first kappa shape index (κ1) is 16.9. The molecule has 3 nitrogen and oxygen atoms in total. The maximum absolute atomic E-state index is 14.3. The number of anilines is 1. The second-order valence-electron chi connectivity index (χ2n) is 6.11. The van der Waals surface area contributed by atoms with Crippen LogP contribution in [0.5, 0.6) is 0 Å². The van der Waals surface area contributed by atoms with Gasteiger partial charge in [0.1, 0.15) is 5.82 Å². The molecule has 0 saturated carbocycles. The van der Waals surface area contributed by atoms with E-state index in [4.69, 9.17) is 5.73 Å². The van der Waals surface area contributed by atoms with E-state index < -0.39 is 0 Å². The van der Waals surface area contributed by atoms with Crippen molar-refractivity contribution in [2.45, 2.75) is 26.8 Å². The van der Waals surface area contributed by atoms with Crippen LogP contribution >= 0.6 is 0 Å². The van der Waals surface area contributed by atoms with Crippen molar-refractivity contribution in [3.63, 3.8) is 0 Å². The Balaban J connectivity index is 3.11. The summed E-state index contributed by atoms with van der Waals surface area (Å²) in [6, 6.07) is 5.00. The number of halogens is 1. The molecule has 0 bridgehead atoms. The quantitative estimate of drug-likeness (QED) is 0.834. The minimum Gasteiger partial charge on any atom is -0.367 e. The fourth-order valence-corrected chi connectivity index (χ4v) is 2.29. The van der Waals surface area contributed by atoms with E-state index in [0.29, 0.717) is 11.6 Å². The number of hydrogen-bond donors (Lipinski definition) is 1. The number of para-hydroxylation sites is 1. The molecule has 0 amide bonds. The Hall–Kier alpha value is -1.13. The molecule has 0 aliphatic carbocycles. The number of hydrogen-bond acceptors (Lipinski definition) is 3. The van der Waals surface area contributed by atoms with Crippen LogP contribution in [0.2, 0.25) is 0 Å². The highest BCUT2D eigenvalue weighted by molar-refractivity contribution is 5.56. The van der Waals surface area contributed by atoms with Gasteiger partial charge in [0.25, 0.3) is 0 Å². The summed E-state index contributed by atoms with van der Waals surface area (Å²) >= 11 is 0. The van der Waals surface area contributed by atoms with Crippen molar-refractivity contribution in [2.24, 2.45) is 11.7 Å². The lowest BCUT2D eigenvalue weighted by Gasteiger charge is -2.31. The van der Waals surface area contributed by atoms with E-state index in [0.717, 1.165) is 25.2 Å². The van der Waals surface area contributed by atoms with Crippen molar-refractivity contribution in [3.05, 3.63) is 29.6 Å². The van der Waals surface area contributed by atoms with Gasteiger partial charge < -0.3 is 15.5 Å². The van der Waals surface area contributed by atoms with Crippen LogP contribution in [0.1, 0.15) is 32.4 Å². The fourth-order valence-electron chi connectivity index (χ4n) is 2.29. The molecule has 1 rings (SSSR count). The number of likely N-dealkylation sites (N-methyl/N-ethyl adjacent to an activating group) is 1. The summed E-state index contributed by atoms with van der Waals surface area (Å²) in [6.07, 6.45) is 0. The van der Waals surface area contributed by atoms with Gasteiger partial charge in [0, 0.05) is 25.7 Å². The first-order valence-corrected chi connectivity index (χ1v) is 7.26. The first-order chi connectivity index (χ1) is 9.32. The number of nitrogens with zero attached hydrogens (tertiary/aromatic N) is 2. The summed E-state index contributed by atoms with van der Waals surface area (Å²) in [5.41, 5.74) is 7.55. The van der Waals surface area contributed by atoms with Crippen molar-refractivity contribution >= 4 is 5.69 Å². The highest BCUT2D eigenvalue weighted by atomic mass is 19.1. The van der Waals surface area contributed by atoms with Crippen LogP contribution in [0, 0.1) is 11.7 Å². The van der Waals surface area contributed by atoms with Gasteiger partial charge in [0.15, 0.2) is 0 Å². The molecule has 0 heterocycles. The van der Waals surface area contributed by atoms with Crippen LogP contribution in [0.25, 0.3) is 0 Å². The van der Waals surface area contributed by atoms with Crippen molar-refractivity contribution in [1.82, 2.24) is 4.90 Å². The average Bonchev–Trinajstić information content (AvgIpc) is 2.33. The first-order valence-electron chi connectivity index (χ1n) is 7.26. The highest BCUT2D eigenvalue weighted by Crippen LogP contribution is 2.29. The van der Waals surface area contributed by atoms with Crippen molar-refractivity contribution in [3.8, 4) is 0 Å². The third-order valence-electron chi connectivity index (χ3n) is 3.23. The average molecular weight is 281 g/mol. The molecule has 0 aromatic heterocycles. The fraction of sp³-hybridized carbons (Fsp3) is 0.625. The van der Waals surface area contributed by atoms with Crippen LogP contribution < -0.4 is 10.6 Å². The summed E-state index contributed by atoms with van der Waals surface area (Å²) in [4.78, 5) is 4.23. The highest BCUT2D eigenvalue weighted by Gasteiger charge is 2.19. The van der Waals surface area contributed by atoms with E-state index in [1.165, 1.54) is 6.07 Å². The van der Waals surface area contributed by atoms with Crippen molar-refractivity contribution in [2.75, 3.05) is 38.6 Å². The molecule has 1 aromatic carbocycles. The Labute approximate surface area is 122 Å². The Morgan fingerprint density at radius 3 is 2.30 bits per heavy atom. The standard InChI is InChI=1S/C16H28FN3/c1-12(2)11-20(10-9-19(4)5)16-14(13(3)18)7-6-8-15(16)17/h6-8,12-13H,9-11,18H2,1-5H3/t13-/m1/s1. The maximum atomic E-state index is 14.3. The summed E-state index contributed by atoms with van der Waals surface area (Å²) in [5.74, 6) is 0.289. The molecular formula is C16H28FN3. The number of benzene rings is 1. The largest absolute Gasteiger partial charge is 0.367 e. The Morgan fingerprint density at radius 2 is 1.80 bits per heavy atom. The van der Waals surface area contributed by atoms with Crippen LogP contribution in [0.3, 0.4) is 0 Å². The van der Waals surface area contributed by atoms with Gasteiger partial charge >= 0.3 is 0 Å². The second-order valence-corrected chi connectivity index (χ2v) is 6.11. The zero-order chi connectivity index (χ0) is 15.3. The van der Waals surface area contributed by atoms with Crippen molar-refractivity contribution in [1.29, 1.82) is 0 Å². The zero-order valence-electron chi connectivity index (χ0n) is 13.4. The predicted molar refractivity (Wildman–Crippen MR) is 84.6 cm³/mol. The minimum absolute atomic E-state index is 0.172. The second kappa shape index (κ2) is 7.60. The summed E-state index contributed by atoms with van der Waals surface area (Å²) in [7, 11) is 4.06. The Morgan fingerprint density at radius 1 is 1.15 bits per heavy atom. The summed E-state index contributed by atoms with van der Waals surface area (Å²) in [5, 5.41) is 0. The predicted octanol–water partition coefficient (Wildman–Crippen LogP) is 2.87. The van der Waals surface area contributed by atoms with E-state index in [1.807, 2.05) is 27.1 Å². The van der Waals surface area contributed by atoms with Crippen LogP contribution in [-0.4, -0.2) is 38.6 Å². The Bertz CT molecular complexity index is 416.